The number of halogens is 1. The van der Waals surface area contributed by atoms with Gasteiger partial charge in [0.25, 0.3) is 6.47 Å². The predicted molar refractivity (Wildman–Crippen MR) is 142 cm³/mol. The highest BCUT2D eigenvalue weighted by molar-refractivity contribution is 9.10. The van der Waals surface area contributed by atoms with Crippen LogP contribution in [0.4, 0.5) is 0 Å². The number of carbonyl (C=O) groups excluding carboxylic acids is 2. The van der Waals surface area contributed by atoms with E-state index in [1.807, 2.05) is 6.07 Å². The number of nitrogens with one attached hydrogen (secondary N) is 1. The van der Waals surface area contributed by atoms with Crippen molar-refractivity contribution >= 4 is 35.1 Å². The molecule has 2 rings (SSSR count). The van der Waals surface area contributed by atoms with Gasteiger partial charge in [0.05, 0.1) is 19.9 Å². The number of aromatic nitrogens is 1. The van der Waals surface area contributed by atoms with Crippen LogP contribution in [0.25, 0.3) is 0 Å². The van der Waals surface area contributed by atoms with Crippen molar-refractivity contribution in [2.75, 3.05) is 41.5 Å². The van der Waals surface area contributed by atoms with Crippen LogP contribution >= 0.6 is 15.9 Å². The number of nitrogens with zero attached hydrogens (tertiary/aromatic N) is 2. The van der Waals surface area contributed by atoms with Gasteiger partial charge in [-0.15, -0.1) is 12.8 Å². The number of rotatable bonds is 4. The Balaban J connectivity index is -0.000000102. The Morgan fingerprint density at radius 1 is 1.24 bits per heavy atom. The minimum Gasteiger partial charge on any atom is -0.495 e. The quantitative estimate of drug-likeness (QED) is 0.331. The highest BCUT2D eigenvalue weighted by atomic mass is 79.9. The van der Waals surface area contributed by atoms with Gasteiger partial charge >= 0.3 is 0 Å². The Kier molecular flexibility index (Phi) is 46.4. The number of methoxy groups -OCH3 is 2. The maximum Gasteiger partial charge on any atom is 0.290 e. The summed E-state index contributed by atoms with van der Waals surface area (Å²) >= 11 is 3.26. The summed E-state index contributed by atoms with van der Waals surface area (Å²) in [7, 11) is 7.06. The summed E-state index contributed by atoms with van der Waals surface area (Å²) in [5, 5.41) is 9.04. The third-order valence-corrected chi connectivity index (χ3v) is 3.52. The molecule has 2 heterocycles. The molecule has 1 aliphatic heterocycles. The van der Waals surface area contributed by atoms with Crippen LogP contribution in [0, 0.1) is 18.8 Å². The van der Waals surface area contributed by atoms with Crippen molar-refractivity contribution in [2.45, 2.75) is 46.6 Å². The van der Waals surface area contributed by atoms with Crippen molar-refractivity contribution < 1.29 is 29.0 Å². The van der Waals surface area contributed by atoms with Crippen LogP contribution in [0.15, 0.2) is 22.9 Å². The van der Waals surface area contributed by atoms with Crippen molar-refractivity contribution in [2.24, 2.45) is 5.92 Å². The lowest BCUT2D eigenvalue weighted by atomic mass is 10.3. The van der Waals surface area contributed by atoms with Gasteiger partial charge in [0, 0.05) is 30.9 Å². The summed E-state index contributed by atoms with van der Waals surface area (Å²) in [6.45, 7) is 9.96. The number of aldehydes is 1. The van der Waals surface area contributed by atoms with Crippen LogP contribution in [-0.2, 0) is 19.1 Å². The topological polar surface area (TPSA) is 118 Å². The molecular weight excluding hydrogens is 506 g/mol. The number of amides is 1. The van der Waals surface area contributed by atoms with E-state index in [1.54, 1.807) is 33.7 Å². The first-order valence-corrected chi connectivity index (χ1v) is 11.2. The maximum absolute atomic E-state index is 9.34. The van der Waals surface area contributed by atoms with E-state index in [1.165, 1.54) is 19.4 Å². The number of hydrogen-bond donors (Lipinski definition) is 2. The zero-order valence-electron chi connectivity index (χ0n) is 21.9. The summed E-state index contributed by atoms with van der Waals surface area (Å²) in [6, 6.07) is 2.70. The summed E-state index contributed by atoms with van der Waals surface area (Å²) < 4.78 is 10.1. The number of ether oxygens (including phenoxy) is 2. The molecule has 0 radical (unpaired) electrons. The summed E-state index contributed by atoms with van der Waals surface area (Å²) in [4.78, 5) is 33.3. The first-order valence-electron chi connectivity index (χ1n) is 10.4. The van der Waals surface area contributed by atoms with Crippen molar-refractivity contribution in [3.05, 3.63) is 22.9 Å². The summed E-state index contributed by atoms with van der Waals surface area (Å²) in [5.74, 6) is 1.60. The Hall–Kier alpha value is -2.48. The molecule has 1 aliphatic rings. The number of hydrogen-bond acceptors (Lipinski definition) is 7. The van der Waals surface area contributed by atoms with Gasteiger partial charge in [-0.2, -0.15) is 0 Å². The molecule has 0 unspecified atom stereocenters. The van der Waals surface area contributed by atoms with E-state index in [9.17, 15) is 9.59 Å². The highest BCUT2D eigenvalue weighted by Gasteiger charge is 2.14. The fourth-order valence-corrected chi connectivity index (χ4v) is 2.02. The zero-order chi connectivity index (χ0) is 27.8. The van der Waals surface area contributed by atoms with Crippen LogP contribution in [0.2, 0.25) is 0 Å². The molecule has 1 fully saturated rings. The lowest BCUT2D eigenvalue weighted by Gasteiger charge is -2.12. The standard InChI is InChI=1S/C6H6BrNO.C6H13N.C4H10.C3H5NO2.C2H6O.C2H2.CH2O2/c1-9-6-2-5(7)3-8-4-6;1-6-4-3-5-7(6)2;1-4(2)3;5-2-1-4-3-6;1-3-2;1-2;2-1-3/h2-4H,1H3;6H,3-5H2,1-2H3;4H,1-3H3;2-3H,1H2,(H,4,6);1-2H3;1-2H;1H,(H,2,3)/t;6-;;;;;/m.1...../s1. The molecule has 0 saturated carbocycles. The minimum absolute atomic E-state index is 0.115. The second kappa shape index (κ2) is 37.8. The second-order valence-electron chi connectivity index (χ2n) is 6.95. The molecule has 1 aromatic heterocycles. The van der Waals surface area contributed by atoms with Gasteiger partial charge in [0.2, 0.25) is 6.41 Å². The van der Waals surface area contributed by atoms with Crippen LogP contribution in [-0.4, -0.2) is 81.7 Å². The number of likely N-dealkylation sites (tertiary alicyclic amines) is 1. The van der Waals surface area contributed by atoms with E-state index in [2.05, 4.69) is 83.5 Å². The lowest BCUT2D eigenvalue weighted by molar-refractivity contribution is -0.122. The average Bonchev–Trinajstić information content (AvgIpc) is 3.17. The second-order valence-corrected chi connectivity index (χ2v) is 7.87. The SMILES string of the molecule is C#C.CC(C)C.COC.COc1cncc(Br)c1.C[C@@H]1CCCN1C.O=CCNC=O.O=CO. The number of carboxylic acid groups (broad SMARTS) is 1. The molecule has 0 aliphatic carbocycles. The Morgan fingerprint density at radius 2 is 1.71 bits per heavy atom. The molecule has 1 atom stereocenters. The molecule has 1 amide bonds. The van der Waals surface area contributed by atoms with Gasteiger partial charge in [-0.3, -0.25) is 14.6 Å². The third kappa shape index (κ3) is 47.3. The van der Waals surface area contributed by atoms with Crippen molar-refractivity contribution in [1.82, 2.24) is 15.2 Å². The van der Waals surface area contributed by atoms with Crippen LogP contribution in [0.1, 0.15) is 40.5 Å². The third-order valence-electron chi connectivity index (χ3n) is 3.09. The van der Waals surface area contributed by atoms with Crippen molar-refractivity contribution in [1.29, 1.82) is 0 Å². The average molecular weight is 551 g/mol. The van der Waals surface area contributed by atoms with Gasteiger partial charge in [-0.05, 0) is 61.3 Å². The molecule has 2 N–H and O–H groups in total. The Labute approximate surface area is 214 Å². The molecule has 1 saturated heterocycles. The molecule has 34 heavy (non-hydrogen) atoms. The monoisotopic (exact) mass is 549 g/mol. The molecule has 198 valence electrons. The summed E-state index contributed by atoms with van der Waals surface area (Å²) in [6.07, 6.45) is 15.3. The number of carbonyl (C=O) groups is 3. The zero-order valence-corrected chi connectivity index (χ0v) is 23.4. The minimum atomic E-state index is -0.250. The molecular formula is C24H44BrN3O6. The fraction of sp³-hybridized carbons (Fsp3) is 0.583. The van der Waals surface area contributed by atoms with Crippen LogP contribution < -0.4 is 10.1 Å². The van der Waals surface area contributed by atoms with E-state index < -0.39 is 0 Å². The largest absolute Gasteiger partial charge is 0.495 e. The highest BCUT2D eigenvalue weighted by Crippen LogP contribution is 2.14. The fourth-order valence-electron chi connectivity index (χ4n) is 1.68. The molecule has 1 aromatic rings. The van der Waals surface area contributed by atoms with Crippen LogP contribution in [0.3, 0.4) is 0 Å². The molecule has 10 heteroatoms. The lowest BCUT2D eigenvalue weighted by Crippen LogP contribution is -2.20. The smallest absolute Gasteiger partial charge is 0.290 e. The van der Waals surface area contributed by atoms with Gasteiger partial charge in [-0.25, -0.2) is 0 Å². The van der Waals surface area contributed by atoms with E-state index in [-0.39, 0.29) is 13.0 Å². The molecule has 0 aromatic carbocycles. The maximum atomic E-state index is 9.34. The van der Waals surface area contributed by atoms with E-state index >= 15 is 0 Å². The first-order chi connectivity index (χ1) is 16.1. The van der Waals surface area contributed by atoms with Crippen molar-refractivity contribution in [3.8, 4) is 18.6 Å². The molecule has 0 spiro atoms. The normalized spacial score (nSPS) is 12.6. The van der Waals surface area contributed by atoms with Gasteiger partial charge in [0.15, 0.2) is 0 Å². The van der Waals surface area contributed by atoms with Crippen molar-refractivity contribution in [3.63, 3.8) is 0 Å². The Bertz CT molecular complexity index is 556. The predicted octanol–water partition coefficient (Wildman–Crippen LogP) is 3.76. The number of terminal acetylenes is 1. The van der Waals surface area contributed by atoms with Crippen LogP contribution in [0.5, 0.6) is 5.75 Å². The van der Waals surface area contributed by atoms with Gasteiger partial charge < -0.3 is 29.6 Å². The Morgan fingerprint density at radius 3 is 1.88 bits per heavy atom. The van der Waals surface area contributed by atoms with E-state index in [0.29, 0.717) is 12.7 Å². The molecule has 0 bridgehead atoms. The van der Waals surface area contributed by atoms with E-state index in [0.717, 1.165) is 22.2 Å². The molecule has 9 nitrogen and oxygen atoms in total. The van der Waals surface area contributed by atoms with Gasteiger partial charge in [-0.1, -0.05) is 20.8 Å². The van der Waals surface area contributed by atoms with E-state index in [4.69, 9.17) is 14.6 Å². The number of pyridine rings is 1. The van der Waals surface area contributed by atoms with Gasteiger partial charge in [0.1, 0.15) is 12.0 Å². The first kappa shape index (κ1) is 41.7. The summed E-state index contributed by atoms with van der Waals surface area (Å²) in [5.41, 5.74) is 0.